The molecule has 0 aliphatic carbocycles. The van der Waals surface area contributed by atoms with Gasteiger partial charge in [-0.1, -0.05) is 24.1 Å². The zero-order valence-electron chi connectivity index (χ0n) is 11.3. The summed E-state index contributed by atoms with van der Waals surface area (Å²) in [5, 5.41) is 12.8. The highest BCUT2D eigenvalue weighted by atomic mass is 35.5. The maximum atomic E-state index is 8.86. The van der Waals surface area contributed by atoms with Crippen molar-refractivity contribution in [3.8, 4) is 6.07 Å². The Labute approximate surface area is 120 Å². The molecule has 1 N–H and O–H groups in total. The average molecular weight is 278 g/mol. The number of hydrogen-bond donors (Lipinski definition) is 1. The van der Waals surface area contributed by atoms with E-state index in [1.165, 1.54) is 19.3 Å². The van der Waals surface area contributed by atoms with Crippen LogP contribution in [0.25, 0.3) is 0 Å². The van der Waals surface area contributed by atoms with Gasteiger partial charge in [-0.3, -0.25) is 4.90 Å². The Morgan fingerprint density at radius 3 is 3.00 bits per heavy atom. The Balaban J connectivity index is 2.08. The van der Waals surface area contributed by atoms with Gasteiger partial charge in [0.25, 0.3) is 0 Å². The van der Waals surface area contributed by atoms with E-state index in [9.17, 15) is 0 Å². The molecule has 0 spiro atoms. The SMILES string of the molecule is CNCC1CCCCN1Cc1ccc(C#N)cc1Cl. The normalized spacial score (nSPS) is 20.2. The van der Waals surface area contributed by atoms with Gasteiger partial charge >= 0.3 is 0 Å². The van der Waals surface area contributed by atoms with E-state index in [4.69, 9.17) is 16.9 Å². The zero-order chi connectivity index (χ0) is 13.7. The van der Waals surface area contributed by atoms with Gasteiger partial charge in [-0.15, -0.1) is 0 Å². The Morgan fingerprint density at radius 2 is 2.32 bits per heavy atom. The largest absolute Gasteiger partial charge is 0.318 e. The summed E-state index contributed by atoms with van der Waals surface area (Å²) in [7, 11) is 2.00. The van der Waals surface area contributed by atoms with Gasteiger partial charge in [0, 0.05) is 24.2 Å². The van der Waals surface area contributed by atoms with Crippen LogP contribution in [-0.4, -0.2) is 31.1 Å². The summed E-state index contributed by atoms with van der Waals surface area (Å²) >= 11 is 6.26. The van der Waals surface area contributed by atoms with Gasteiger partial charge < -0.3 is 5.32 Å². The Morgan fingerprint density at radius 1 is 1.47 bits per heavy atom. The molecule has 1 fully saturated rings. The highest BCUT2D eigenvalue weighted by Gasteiger charge is 2.22. The second-order valence-electron chi connectivity index (χ2n) is 5.10. The van der Waals surface area contributed by atoms with Gasteiger partial charge in [0.2, 0.25) is 0 Å². The van der Waals surface area contributed by atoms with Crippen LogP contribution in [0.3, 0.4) is 0 Å². The molecule has 1 aliphatic heterocycles. The van der Waals surface area contributed by atoms with Crippen molar-refractivity contribution in [2.75, 3.05) is 20.1 Å². The van der Waals surface area contributed by atoms with E-state index in [0.29, 0.717) is 16.6 Å². The number of benzene rings is 1. The first kappa shape index (κ1) is 14.3. The molecular formula is C15H20ClN3. The molecule has 1 heterocycles. The first-order chi connectivity index (χ1) is 9.24. The number of nitrogens with zero attached hydrogens (tertiary/aromatic N) is 2. The topological polar surface area (TPSA) is 39.1 Å². The lowest BCUT2D eigenvalue weighted by atomic mass is 10.0. The Bertz CT molecular complexity index is 465. The van der Waals surface area contributed by atoms with E-state index >= 15 is 0 Å². The van der Waals surface area contributed by atoms with E-state index < -0.39 is 0 Å². The number of hydrogen-bond acceptors (Lipinski definition) is 3. The van der Waals surface area contributed by atoms with Gasteiger partial charge in [0.05, 0.1) is 11.6 Å². The lowest BCUT2D eigenvalue weighted by Crippen LogP contribution is -2.44. The summed E-state index contributed by atoms with van der Waals surface area (Å²) in [4.78, 5) is 2.49. The molecule has 4 heteroatoms. The number of rotatable bonds is 4. The van der Waals surface area contributed by atoms with Gasteiger partial charge in [0.15, 0.2) is 0 Å². The molecule has 1 unspecified atom stereocenters. The quantitative estimate of drug-likeness (QED) is 0.920. The molecule has 1 aromatic rings. The van der Waals surface area contributed by atoms with Crippen LogP contribution in [0, 0.1) is 11.3 Å². The highest BCUT2D eigenvalue weighted by molar-refractivity contribution is 6.31. The minimum atomic E-state index is 0.588. The third-order valence-electron chi connectivity index (χ3n) is 3.74. The van der Waals surface area contributed by atoms with Crippen molar-refractivity contribution < 1.29 is 0 Å². The van der Waals surface area contributed by atoms with E-state index in [0.717, 1.165) is 25.2 Å². The fraction of sp³-hybridized carbons (Fsp3) is 0.533. The maximum absolute atomic E-state index is 8.86. The van der Waals surface area contributed by atoms with Gasteiger partial charge in [-0.25, -0.2) is 0 Å². The van der Waals surface area contributed by atoms with E-state index in [1.807, 2.05) is 19.2 Å². The summed E-state index contributed by atoms with van der Waals surface area (Å²) in [6, 6.07) is 8.29. The average Bonchev–Trinajstić information content (AvgIpc) is 2.43. The summed E-state index contributed by atoms with van der Waals surface area (Å²) < 4.78 is 0. The number of halogens is 1. The van der Waals surface area contributed by atoms with Crippen molar-refractivity contribution in [3.05, 3.63) is 34.3 Å². The molecule has 1 aliphatic rings. The molecule has 0 radical (unpaired) electrons. The summed E-state index contributed by atoms with van der Waals surface area (Å²) in [5.74, 6) is 0. The molecule has 1 saturated heterocycles. The van der Waals surface area contributed by atoms with Crippen molar-refractivity contribution in [2.45, 2.75) is 31.8 Å². The zero-order valence-corrected chi connectivity index (χ0v) is 12.1. The van der Waals surface area contributed by atoms with Crippen molar-refractivity contribution in [3.63, 3.8) is 0 Å². The molecule has 0 amide bonds. The number of nitrogens with one attached hydrogen (secondary N) is 1. The molecule has 19 heavy (non-hydrogen) atoms. The van der Waals surface area contributed by atoms with Crippen molar-refractivity contribution in [1.29, 1.82) is 5.26 Å². The third kappa shape index (κ3) is 3.70. The van der Waals surface area contributed by atoms with Crippen molar-refractivity contribution >= 4 is 11.6 Å². The second-order valence-corrected chi connectivity index (χ2v) is 5.50. The van der Waals surface area contributed by atoms with Crippen LogP contribution in [0.5, 0.6) is 0 Å². The predicted octanol–water partition coefficient (Wildman–Crippen LogP) is 2.79. The van der Waals surface area contributed by atoms with Crippen LogP contribution in [0.1, 0.15) is 30.4 Å². The molecular weight excluding hydrogens is 258 g/mol. The van der Waals surface area contributed by atoms with E-state index in [1.54, 1.807) is 6.07 Å². The molecule has 2 rings (SSSR count). The van der Waals surface area contributed by atoms with Crippen LogP contribution < -0.4 is 5.32 Å². The molecule has 0 aromatic heterocycles. The molecule has 1 aromatic carbocycles. The highest BCUT2D eigenvalue weighted by Crippen LogP contribution is 2.24. The summed E-state index contributed by atoms with van der Waals surface area (Å²) in [6.45, 7) is 3.02. The second kappa shape index (κ2) is 6.91. The fourth-order valence-electron chi connectivity index (χ4n) is 2.70. The maximum Gasteiger partial charge on any atom is 0.0992 e. The minimum Gasteiger partial charge on any atom is -0.318 e. The third-order valence-corrected chi connectivity index (χ3v) is 4.10. The molecule has 3 nitrogen and oxygen atoms in total. The number of likely N-dealkylation sites (N-methyl/N-ethyl adjacent to an activating group) is 1. The van der Waals surface area contributed by atoms with E-state index in [-0.39, 0.29) is 0 Å². The first-order valence-corrected chi connectivity index (χ1v) is 7.19. The first-order valence-electron chi connectivity index (χ1n) is 6.81. The number of likely N-dealkylation sites (tertiary alicyclic amines) is 1. The van der Waals surface area contributed by atoms with Gasteiger partial charge in [-0.05, 0) is 44.1 Å². The van der Waals surface area contributed by atoms with Gasteiger partial charge in [0.1, 0.15) is 0 Å². The molecule has 1 atom stereocenters. The molecule has 102 valence electrons. The van der Waals surface area contributed by atoms with Gasteiger partial charge in [-0.2, -0.15) is 5.26 Å². The molecule has 0 bridgehead atoms. The van der Waals surface area contributed by atoms with Crippen molar-refractivity contribution in [2.24, 2.45) is 0 Å². The fourth-order valence-corrected chi connectivity index (χ4v) is 2.94. The van der Waals surface area contributed by atoms with Crippen LogP contribution in [0.2, 0.25) is 5.02 Å². The Kier molecular flexibility index (Phi) is 5.21. The summed E-state index contributed by atoms with van der Waals surface area (Å²) in [5.41, 5.74) is 1.74. The summed E-state index contributed by atoms with van der Waals surface area (Å²) in [6.07, 6.45) is 3.81. The number of piperidine rings is 1. The van der Waals surface area contributed by atoms with Crippen molar-refractivity contribution in [1.82, 2.24) is 10.2 Å². The van der Waals surface area contributed by atoms with Crippen LogP contribution >= 0.6 is 11.6 Å². The standard InChI is InChI=1S/C15H20ClN3/c1-18-10-14-4-2-3-7-19(14)11-13-6-5-12(9-17)8-15(13)16/h5-6,8,14,18H,2-4,7,10-11H2,1H3. The predicted molar refractivity (Wildman–Crippen MR) is 78.1 cm³/mol. The molecule has 0 saturated carbocycles. The minimum absolute atomic E-state index is 0.588. The van der Waals surface area contributed by atoms with Crippen LogP contribution in [0.15, 0.2) is 18.2 Å². The monoisotopic (exact) mass is 277 g/mol. The van der Waals surface area contributed by atoms with E-state index in [2.05, 4.69) is 16.3 Å². The Hall–Kier alpha value is -1.08. The lowest BCUT2D eigenvalue weighted by Gasteiger charge is -2.35. The lowest BCUT2D eigenvalue weighted by molar-refractivity contribution is 0.139. The van der Waals surface area contributed by atoms with Crippen LogP contribution in [-0.2, 0) is 6.54 Å². The smallest absolute Gasteiger partial charge is 0.0992 e. The number of nitriles is 1. The van der Waals surface area contributed by atoms with Crippen LogP contribution in [0.4, 0.5) is 0 Å².